The Balaban J connectivity index is 2.68. The monoisotopic (exact) mass is 206 g/mol. The van der Waals surface area contributed by atoms with Gasteiger partial charge in [-0.3, -0.25) is 0 Å². The first-order chi connectivity index (χ1) is 6.38. The largest absolute Gasteiger partial charge is 0.480 e. The van der Waals surface area contributed by atoms with Crippen LogP contribution in [0.4, 0.5) is 19.0 Å². The number of nitrogens with two attached hydrogens (primary N) is 1. The van der Waals surface area contributed by atoms with Crippen LogP contribution in [0.5, 0.6) is 5.75 Å². The van der Waals surface area contributed by atoms with Gasteiger partial charge in [-0.05, 0) is 19.1 Å². The highest BCUT2D eigenvalue weighted by Gasteiger charge is 2.28. The van der Waals surface area contributed by atoms with E-state index in [1.54, 1.807) is 6.92 Å². The first kappa shape index (κ1) is 10.6. The molecule has 0 radical (unpaired) electrons. The van der Waals surface area contributed by atoms with E-state index in [1.807, 2.05) is 0 Å². The maximum atomic E-state index is 11.8. The van der Waals surface area contributed by atoms with Crippen LogP contribution in [0.3, 0.4) is 0 Å². The Hall–Kier alpha value is -1.46. The summed E-state index contributed by atoms with van der Waals surface area (Å²) in [4.78, 5) is 3.76. The Bertz CT molecular complexity index is 325. The average Bonchev–Trinajstić information content (AvgIpc) is 2.00. The van der Waals surface area contributed by atoms with Gasteiger partial charge in [0.1, 0.15) is 0 Å². The summed E-state index contributed by atoms with van der Waals surface area (Å²) in [5, 5.41) is 0. The molecular formula is C8H9F3N2O. The number of ether oxygens (including phenoxy) is 1. The number of aryl methyl sites for hydroxylation is 1. The number of hydrogen-bond donors (Lipinski definition) is 1. The zero-order valence-electron chi connectivity index (χ0n) is 7.43. The Morgan fingerprint density at radius 1 is 1.43 bits per heavy atom. The van der Waals surface area contributed by atoms with E-state index in [9.17, 15) is 13.2 Å². The molecule has 0 aromatic carbocycles. The summed E-state index contributed by atoms with van der Waals surface area (Å²) < 4.78 is 39.7. The maximum Gasteiger partial charge on any atom is 0.422 e. The quantitative estimate of drug-likeness (QED) is 0.804. The number of aromatic nitrogens is 1. The Morgan fingerprint density at radius 3 is 2.57 bits per heavy atom. The fourth-order valence-corrected chi connectivity index (χ4v) is 0.846. The molecule has 0 unspecified atom stereocenters. The van der Waals surface area contributed by atoms with Gasteiger partial charge in [-0.15, -0.1) is 0 Å². The molecule has 0 saturated heterocycles. The van der Waals surface area contributed by atoms with E-state index in [-0.39, 0.29) is 11.6 Å². The van der Waals surface area contributed by atoms with Crippen LogP contribution < -0.4 is 10.5 Å². The van der Waals surface area contributed by atoms with Crippen LogP contribution >= 0.6 is 0 Å². The van der Waals surface area contributed by atoms with Gasteiger partial charge in [-0.25, -0.2) is 4.98 Å². The molecule has 14 heavy (non-hydrogen) atoms. The van der Waals surface area contributed by atoms with Crippen LogP contribution in [0.25, 0.3) is 0 Å². The minimum Gasteiger partial charge on any atom is -0.480 e. The van der Waals surface area contributed by atoms with E-state index in [0.29, 0.717) is 5.69 Å². The molecule has 1 heterocycles. The molecule has 3 nitrogen and oxygen atoms in total. The first-order valence-corrected chi connectivity index (χ1v) is 3.81. The van der Waals surface area contributed by atoms with Crippen molar-refractivity contribution >= 4 is 5.82 Å². The highest BCUT2D eigenvalue weighted by molar-refractivity contribution is 5.46. The van der Waals surface area contributed by atoms with Crippen molar-refractivity contribution in [3.8, 4) is 5.75 Å². The van der Waals surface area contributed by atoms with Crippen molar-refractivity contribution in [3.05, 3.63) is 17.8 Å². The van der Waals surface area contributed by atoms with Crippen molar-refractivity contribution in [3.63, 3.8) is 0 Å². The van der Waals surface area contributed by atoms with Gasteiger partial charge in [0.05, 0.1) is 0 Å². The third-order valence-corrected chi connectivity index (χ3v) is 1.42. The molecule has 0 atom stereocenters. The smallest absolute Gasteiger partial charge is 0.422 e. The number of nitrogen functional groups attached to an aromatic ring is 1. The van der Waals surface area contributed by atoms with Crippen LogP contribution in [0.15, 0.2) is 12.1 Å². The maximum absolute atomic E-state index is 11.8. The molecule has 0 spiro atoms. The van der Waals surface area contributed by atoms with E-state index in [4.69, 9.17) is 5.73 Å². The molecule has 1 aromatic rings. The Labute approximate surface area is 78.7 Å². The average molecular weight is 206 g/mol. The lowest BCUT2D eigenvalue weighted by molar-refractivity contribution is -0.153. The molecule has 0 fully saturated rings. The van der Waals surface area contributed by atoms with Crippen LogP contribution in [-0.2, 0) is 0 Å². The van der Waals surface area contributed by atoms with E-state index < -0.39 is 12.8 Å². The molecule has 0 aliphatic heterocycles. The topological polar surface area (TPSA) is 48.1 Å². The molecule has 78 valence electrons. The van der Waals surface area contributed by atoms with Gasteiger partial charge >= 0.3 is 6.18 Å². The van der Waals surface area contributed by atoms with E-state index in [1.165, 1.54) is 12.1 Å². The summed E-state index contributed by atoms with van der Waals surface area (Å²) in [5.41, 5.74) is 5.97. The summed E-state index contributed by atoms with van der Waals surface area (Å²) in [5.74, 6) is -0.0813. The summed E-state index contributed by atoms with van der Waals surface area (Å²) >= 11 is 0. The molecular weight excluding hydrogens is 197 g/mol. The lowest BCUT2D eigenvalue weighted by atomic mass is 10.3. The molecule has 1 rings (SSSR count). The number of halogens is 3. The summed E-state index contributed by atoms with van der Waals surface area (Å²) in [6.45, 7) is 0.325. The van der Waals surface area contributed by atoms with Crippen molar-refractivity contribution in [2.45, 2.75) is 13.1 Å². The van der Waals surface area contributed by atoms with Gasteiger partial charge in [-0.1, -0.05) is 0 Å². The van der Waals surface area contributed by atoms with Gasteiger partial charge in [0.15, 0.2) is 18.2 Å². The SMILES string of the molecule is Cc1ccc(OCC(F)(F)F)c(N)n1. The number of nitrogens with zero attached hydrogens (tertiary/aromatic N) is 1. The second kappa shape index (κ2) is 3.73. The lowest BCUT2D eigenvalue weighted by Gasteiger charge is -2.10. The third kappa shape index (κ3) is 3.12. The van der Waals surface area contributed by atoms with Crippen molar-refractivity contribution in [1.29, 1.82) is 0 Å². The normalized spacial score (nSPS) is 11.4. The standard InChI is InChI=1S/C8H9F3N2O/c1-5-2-3-6(7(12)13-5)14-4-8(9,10)11/h2-3H,4H2,1H3,(H2,12,13). The van der Waals surface area contributed by atoms with E-state index >= 15 is 0 Å². The van der Waals surface area contributed by atoms with Crippen molar-refractivity contribution < 1.29 is 17.9 Å². The zero-order chi connectivity index (χ0) is 10.8. The summed E-state index contributed by atoms with van der Waals surface area (Å²) in [6.07, 6.45) is -4.36. The van der Waals surface area contributed by atoms with Crippen molar-refractivity contribution in [2.24, 2.45) is 0 Å². The fraction of sp³-hybridized carbons (Fsp3) is 0.375. The number of pyridine rings is 1. The predicted molar refractivity (Wildman–Crippen MR) is 44.9 cm³/mol. The minimum atomic E-state index is -4.36. The molecule has 0 aliphatic rings. The predicted octanol–water partition coefficient (Wildman–Crippen LogP) is 1.91. The van der Waals surface area contributed by atoms with Crippen LogP contribution in [0.2, 0.25) is 0 Å². The van der Waals surface area contributed by atoms with Gasteiger partial charge < -0.3 is 10.5 Å². The summed E-state index contributed by atoms with van der Waals surface area (Å²) in [7, 11) is 0. The Kier molecular flexibility index (Phi) is 2.83. The van der Waals surface area contributed by atoms with Crippen LogP contribution in [-0.4, -0.2) is 17.8 Å². The van der Waals surface area contributed by atoms with Gasteiger partial charge in [0.2, 0.25) is 0 Å². The molecule has 0 bridgehead atoms. The third-order valence-electron chi connectivity index (χ3n) is 1.42. The lowest BCUT2D eigenvalue weighted by Crippen LogP contribution is -2.19. The Morgan fingerprint density at radius 2 is 2.07 bits per heavy atom. The van der Waals surface area contributed by atoms with Crippen LogP contribution in [0, 0.1) is 6.92 Å². The van der Waals surface area contributed by atoms with E-state index in [0.717, 1.165) is 0 Å². The minimum absolute atomic E-state index is 0.0331. The highest BCUT2D eigenvalue weighted by Crippen LogP contribution is 2.22. The molecule has 2 N–H and O–H groups in total. The molecule has 6 heteroatoms. The molecule has 0 aliphatic carbocycles. The van der Waals surface area contributed by atoms with Crippen LogP contribution in [0.1, 0.15) is 5.69 Å². The second-order valence-electron chi connectivity index (χ2n) is 2.74. The van der Waals surface area contributed by atoms with Crippen molar-refractivity contribution in [2.75, 3.05) is 12.3 Å². The highest BCUT2D eigenvalue weighted by atomic mass is 19.4. The molecule has 0 amide bonds. The number of rotatable bonds is 2. The van der Waals surface area contributed by atoms with Crippen molar-refractivity contribution in [1.82, 2.24) is 4.98 Å². The van der Waals surface area contributed by atoms with Gasteiger partial charge in [0, 0.05) is 5.69 Å². The zero-order valence-corrected chi connectivity index (χ0v) is 7.43. The number of hydrogen-bond acceptors (Lipinski definition) is 3. The molecule has 1 aromatic heterocycles. The second-order valence-corrected chi connectivity index (χ2v) is 2.74. The number of anilines is 1. The van der Waals surface area contributed by atoms with E-state index in [2.05, 4.69) is 9.72 Å². The number of alkyl halides is 3. The van der Waals surface area contributed by atoms with Gasteiger partial charge in [0.25, 0.3) is 0 Å². The fourth-order valence-electron chi connectivity index (χ4n) is 0.846. The first-order valence-electron chi connectivity index (χ1n) is 3.81. The summed E-state index contributed by atoms with van der Waals surface area (Å²) in [6, 6.07) is 2.89. The van der Waals surface area contributed by atoms with Gasteiger partial charge in [-0.2, -0.15) is 13.2 Å². The molecule has 0 saturated carbocycles.